The van der Waals surface area contributed by atoms with Gasteiger partial charge >= 0.3 is 0 Å². The van der Waals surface area contributed by atoms with Gasteiger partial charge < -0.3 is 9.47 Å². The Morgan fingerprint density at radius 3 is 2.95 bits per heavy atom. The zero-order valence-corrected chi connectivity index (χ0v) is 14.3. The lowest BCUT2D eigenvalue weighted by molar-refractivity contribution is 0.114. The van der Waals surface area contributed by atoms with Crippen molar-refractivity contribution in [1.29, 1.82) is 0 Å². The number of unbranched alkanes of at least 4 members (excludes halogenated alkanes) is 1. The van der Waals surface area contributed by atoms with E-state index in [9.17, 15) is 8.42 Å². The van der Waals surface area contributed by atoms with E-state index in [2.05, 4.69) is 11.6 Å². The molecule has 5 nitrogen and oxygen atoms in total. The van der Waals surface area contributed by atoms with Crippen LogP contribution in [0.25, 0.3) is 0 Å². The Morgan fingerprint density at radius 1 is 1.45 bits per heavy atom. The van der Waals surface area contributed by atoms with Crippen LogP contribution < -0.4 is 9.46 Å². The maximum Gasteiger partial charge on any atom is 0.240 e. The molecule has 1 heterocycles. The lowest BCUT2D eigenvalue weighted by Gasteiger charge is -2.13. The van der Waals surface area contributed by atoms with Crippen LogP contribution in [0.5, 0.6) is 5.75 Å². The van der Waals surface area contributed by atoms with E-state index in [1.54, 1.807) is 6.07 Å². The van der Waals surface area contributed by atoms with Gasteiger partial charge in [0.15, 0.2) is 0 Å². The van der Waals surface area contributed by atoms with Crippen molar-refractivity contribution in [1.82, 2.24) is 4.72 Å². The van der Waals surface area contributed by atoms with Crippen molar-refractivity contribution >= 4 is 21.6 Å². The molecule has 1 aromatic carbocycles. The highest BCUT2D eigenvalue weighted by atomic mass is 35.5. The number of benzene rings is 1. The fourth-order valence-electron chi connectivity index (χ4n) is 2.18. The topological polar surface area (TPSA) is 64.6 Å². The van der Waals surface area contributed by atoms with E-state index < -0.39 is 10.0 Å². The van der Waals surface area contributed by atoms with E-state index in [1.165, 1.54) is 12.1 Å². The smallest absolute Gasteiger partial charge is 0.240 e. The Balaban J connectivity index is 2.03. The molecule has 0 amide bonds. The minimum atomic E-state index is -3.59. The fourth-order valence-corrected chi connectivity index (χ4v) is 3.43. The average Bonchev–Trinajstić information content (AvgIpc) is 3.01. The summed E-state index contributed by atoms with van der Waals surface area (Å²) in [4.78, 5) is 0.154. The molecule has 0 spiro atoms. The van der Waals surface area contributed by atoms with Gasteiger partial charge in [-0.1, -0.05) is 24.9 Å². The Bertz CT molecular complexity index is 585. The number of hydrogen-bond donors (Lipinski definition) is 1. The molecular weight excluding hydrogens is 326 g/mol. The average molecular weight is 348 g/mol. The molecule has 124 valence electrons. The minimum absolute atomic E-state index is 0.0395. The highest BCUT2D eigenvalue weighted by Gasteiger charge is 2.21. The van der Waals surface area contributed by atoms with Gasteiger partial charge in [-0.25, -0.2) is 13.1 Å². The number of ether oxygens (including phenoxy) is 2. The van der Waals surface area contributed by atoms with Gasteiger partial charge in [0.2, 0.25) is 10.0 Å². The van der Waals surface area contributed by atoms with Crippen molar-refractivity contribution in [3.8, 4) is 5.75 Å². The van der Waals surface area contributed by atoms with Crippen LogP contribution in [-0.2, 0) is 14.8 Å². The number of nitrogens with one attached hydrogen (secondary N) is 1. The molecule has 1 aromatic rings. The largest absolute Gasteiger partial charge is 0.492 e. The van der Waals surface area contributed by atoms with E-state index in [0.29, 0.717) is 24.0 Å². The molecule has 0 radical (unpaired) electrons. The highest BCUT2D eigenvalue weighted by molar-refractivity contribution is 7.89. The van der Waals surface area contributed by atoms with Gasteiger partial charge in [0.05, 0.1) is 22.6 Å². The van der Waals surface area contributed by atoms with Crippen LogP contribution in [0.15, 0.2) is 23.1 Å². The Labute approximate surface area is 137 Å². The summed E-state index contributed by atoms with van der Waals surface area (Å²) in [5.41, 5.74) is 0. The standard InChI is InChI=1S/C15H22ClNO4S/c1-2-3-8-21-15-10-13(6-7-14(15)16)22(18,19)17-11-12-5-4-9-20-12/h6-7,10,12,17H,2-5,8-9,11H2,1H3/t12-/m0/s1. The zero-order valence-electron chi connectivity index (χ0n) is 12.7. The number of sulfonamides is 1. The van der Waals surface area contributed by atoms with E-state index >= 15 is 0 Å². The van der Waals surface area contributed by atoms with Crippen LogP contribution in [0.1, 0.15) is 32.6 Å². The molecule has 1 saturated heterocycles. The van der Waals surface area contributed by atoms with E-state index in [1.807, 2.05) is 0 Å². The summed E-state index contributed by atoms with van der Waals surface area (Å²) in [6, 6.07) is 4.49. The number of halogens is 1. The maximum atomic E-state index is 12.3. The zero-order chi connectivity index (χ0) is 16.0. The van der Waals surface area contributed by atoms with Crippen LogP contribution in [0.3, 0.4) is 0 Å². The summed E-state index contributed by atoms with van der Waals surface area (Å²) in [6.07, 6.45) is 3.71. The predicted molar refractivity (Wildman–Crippen MR) is 86.0 cm³/mol. The van der Waals surface area contributed by atoms with Crippen LogP contribution in [0.4, 0.5) is 0 Å². The molecule has 1 aliphatic rings. The van der Waals surface area contributed by atoms with Gasteiger partial charge in [0.25, 0.3) is 0 Å². The van der Waals surface area contributed by atoms with Crippen LogP contribution in [0, 0.1) is 0 Å². The van der Waals surface area contributed by atoms with Crippen LogP contribution >= 0.6 is 11.6 Å². The fraction of sp³-hybridized carbons (Fsp3) is 0.600. The van der Waals surface area contributed by atoms with Gasteiger partial charge in [-0.15, -0.1) is 0 Å². The molecule has 0 aliphatic carbocycles. The summed E-state index contributed by atoms with van der Waals surface area (Å²) in [6.45, 7) is 3.56. The molecule has 0 unspecified atom stereocenters. The third kappa shape index (κ3) is 4.84. The SMILES string of the molecule is CCCCOc1cc(S(=O)(=O)NC[C@@H]2CCCO2)ccc1Cl. The summed E-state index contributed by atoms with van der Waals surface area (Å²) < 4.78 is 38.2. The molecular formula is C15H22ClNO4S. The Hall–Kier alpha value is -0.820. The third-order valence-corrected chi connectivity index (χ3v) is 5.23. The summed E-state index contributed by atoms with van der Waals surface area (Å²) in [5, 5.41) is 0.411. The highest BCUT2D eigenvalue weighted by Crippen LogP contribution is 2.27. The molecule has 0 saturated carbocycles. The third-order valence-electron chi connectivity index (χ3n) is 3.49. The van der Waals surface area contributed by atoms with Crippen LogP contribution in [0.2, 0.25) is 5.02 Å². The maximum absolute atomic E-state index is 12.3. The first-order chi connectivity index (χ1) is 10.5. The summed E-state index contributed by atoms with van der Waals surface area (Å²) in [5.74, 6) is 0.398. The van der Waals surface area contributed by atoms with Crippen molar-refractivity contribution in [3.05, 3.63) is 23.2 Å². The predicted octanol–water partition coefficient (Wildman–Crippen LogP) is 2.98. The molecule has 7 heteroatoms. The van der Waals surface area contributed by atoms with Crippen molar-refractivity contribution in [3.63, 3.8) is 0 Å². The molecule has 2 rings (SSSR count). The summed E-state index contributed by atoms with van der Waals surface area (Å²) in [7, 11) is -3.59. The monoisotopic (exact) mass is 347 g/mol. The van der Waals surface area contributed by atoms with Gasteiger partial charge in [-0.3, -0.25) is 0 Å². The van der Waals surface area contributed by atoms with Gasteiger partial charge in [-0.2, -0.15) is 0 Å². The van der Waals surface area contributed by atoms with E-state index in [4.69, 9.17) is 21.1 Å². The molecule has 0 bridgehead atoms. The minimum Gasteiger partial charge on any atom is -0.492 e. The Morgan fingerprint density at radius 2 is 2.27 bits per heavy atom. The lowest BCUT2D eigenvalue weighted by atomic mass is 10.2. The molecule has 22 heavy (non-hydrogen) atoms. The van der Waals surface area contributed by atoms with E-state index in [0.717, 1.165) is 25.7 Å². The number of hydrogen-bond acceptors (Lipinski definition) is 4. The van der Waals surface area contributed by atoms with Crippen molar-refractivity contribution in [2.45, 2.75) is 43.6 Å². The molecule has 1 N–H and O–H groups in total. The summed E-state index contributed by atoms with van der Waals surface area (Å²) >= 11 is 6.05. The van der Waals surface area contributed by atoms with Gasteiger partial charge in [0, 0.05) is 19.2 Å². The quantitative estimate of drug-likeness (QED) is 0.734. The van der Waals surface area contributed by atoms with E-state index in [-0.39, 0.29) is 17.5 Å². The van der Waals surface area contributed by atoms with Crippen molar-refractivity contribution in [2.75, 3.05) is 19.8 Å². The first kappa shape index (κ1) is 17.5. The second kappa shape index (κ2) is 8.15. The lowest BCUT2D eigenvalue weighted by Crippen LogP contribution is -2.31. The molecule has 1 fully saturated rings. The van der Waals surface area contributed by atoms with Crippen molar-refractivity contribution in [2.24, 2.45) is 0 Å². The molecule has 1 aliphatic heterocycles. The molecule has 1 atom stereocenters. The Kier molecular flexibility index (Phi) is 6.50. The second-order valence-corrected chi connectivity index (χ2v) is 7.46. The first-order valence-corrected chi connectivity index (χ1v) is 9.42. The van der Waals surface area contributed by atoms with Crippen molar-refractivity contribution < 1.29 is 17.9 Å². The van der Waals surface area contributed by atoms with Gasteiger partial charge in [0.1, 0.15) is 5.75 Å². The van der Waals surface area contributed by atoms with Crippen LogP contribution in [-0.4, -0.2) is 34.3 Å². The number of rotatable bonds is 8. The second-order valence-electron chi connectivity index (χ2n) is 5.28. The normalized spacial score (nSPS) is 18.5. The molecule has 0 aromatic heterocycles. The first-order valence-electron chi connectivity index (χ1n) is 7.56. The van der Waals surface area contributed by atoms with Gasteiger partial charge in [-0.05, 0) is 31.4 Å².